The molecule has 2 aliphatic heterocycles. The number of nitrogens with zero attached hydrogens (tertiary/aromatic N) is 4. The monoisotopic (exact) mass is 238 g/mol. The third-order valence-corrected chi connectivity index (χ3v) is 3.70. The Hall–Kier alpha value is -0.980. The van der Waals surface area contributed by atoms with E-state index in [1.54, 1.807) is 12.7 Å². The maximum absolute atomic E-state index is 5.62. The Bertz CT molecular complexity index is 348. The van der Waals surface area contributed by atoms with E-state index in [9.17, 15) is 0 Å². The van der Waals surface area contributed by atoms with E-state index < -0.39 is 0 Å². The Morgan fingerprint density at radius 1 is 1.18 bits per heavy atom. The summed E-state index contributed by atoms with van der Waals surface area (Å²) < 4.78 is 13.0. The molecule has 0 aromatic carbocycles. The summed E-state index contributed by atoms with van der Waals surface area (Å²) in [7, 11) is 0. The maximum atomic E-state index is 5.62. The molecule has 1 unspecified atom stereocenters. The van der Waals surface area contributed by atoms with Crippen LogP contribution in [0.1, 0.15) is 6.42 Å². The fourth-order valence-corrected chi connectivity index (χ4v) is 2.65. The molecule has 0 amide bonds. The van der Waals surface area contributed by atoms with Gasteiger partial charge in [-0.25, -0.2) is 4.98 Å². The van der Waals surface area contributed by atoms with E-state index in [4.69, 9.17) is 9.47 Å². The SMILES string of the molecule is c1ncn(CCN2CCOCC23CCOC3)n1. The van der Waals surface area contributed by atoms with Crippen molar-refractivity contribution in [1.82, 2.24) is 19.7 Å². The molecule has 0 radical (unpaired) electrons. The van der Waals surface area contributed by atoms with E-state index in [2.05, 4.69) is 15.0 Å². The Morgan fingerprint density at radius 3 is 2.82 bits per heavy atom. The van der Waals surface area contributed by atoms with Crippen LogP contribution in [0.4, 0.5) is 0 Å². The van der Waals surface area contributed by atoms with Gasteiger partial charge in [-0.05, 0) is 6.42 Å². The molecule has 2 fully saturated rings. The van der Waals surface area contributed by atoms with E-state index in [1.807, 2.05) is 4.68 Å². The van der Waals surface area contributed by atoms with Crippen LogP contribution in [0.3, 0.4) is 0 Å². The van der Waals surface area contributed by atoms with Crippen LogP contribution in [-0.4, -0.2) is 64.7 Å². The molecule has 1 aromatic heterocycles. The van der Waals surface area contributed by atoms with Crippen molar-refractivity contribution in [3.63, 3.8) is 0 Å². The average molecular weight is 238 g/mol. The van der Waals surface area contributed by atoms with Crippen molar-refractivity contribution in [2.45, 2.75) is 18.5 Å². The number of rotatable bonds is 3. The molecule has 0 bridgehead atoms. The van der Waals surface area contributed by atoms with Crippen LogP contribution in [0.2, 0.25) is 0 Å². The zero-order valence-corrected chi connectivity index (χ0v) is 9.92. The molecule has 2 aliphatic rings. The molecule has 94 valence electrons. The van der Waals surface area contributed by atoms with Crippen molar-refractivity contribution in [3.05, 3.63) is 12.7 Å². The Labute approximate surface area is 101 Å². The lowest BCUT2D eigenvalue weighted by Gasteiger charge is -2.43. The summed E-state index contributed by atoms with van der Waals surface area (Å²) in [5.74, 6) is 0. The lowest BCUT2D eigenvalue weighted by Crippen LogP contribution is -2.58. The first-order chi connectivity index (χ1) is 8.39. The predicted octanol–water partition coefficient (Wildman–Crippen LogP) is -0.231. The van der Waals surface area contributed by atoms with Gasteiger partial charge in [0.25, 0.3) is 0 Å². The summed E-state index contributed by atoms with van der Waals surface area (Å²) in [5.41, 5.74) is 0.110. The second kappa shape index (κ2) is 4.72. The van der Waals surface area contributed by atoms with Crippen LogP contribution in [0.25, 0.3) is 0 Å². The number of hydrogen-bond donors (Lipinski definition) is 0. The van der Waals surface area contributed by atoms with Crippen molar-refractivity contribution in [1.29, 1.82) is 0 Å². The second-order valence-electron chi connectivity index (χ2n) is 4.73. The molecular formula is C11H18N4O2. The maximum Gasteiger partial charge on any atom is 0.137 e. The summed E-state index contributed by atoms with van der Waals surface area (Å²) in [6, 6.07) is 0. The van der Waals surface area contributed by atoms with Gasteiger partial charge in [0.1, 0.15) is 12.7 Å². The standard InChI is InChI=1S/C11H18N4O2/c1-5-16-7-11(1)8-17-6-4-14(11)2-3-15-10-12-9-13-15/h9-10H,1-8H2. The van der Waals surface area contributed by atoms with Gasteiger partial charge >= 0.3 is 0 Å². The molecule has 2 saturated heterocycles. The van der Waals surface area contributed by atoms with Crippen molar-refractivity contribution >= 4 is 0 Å². The molecular weight excluding hydrogens is 220 g/mol. The average Bonchev–Trinajstić information content (AvgIpc) is 3.00. The molecule has 1 aromatic rings. The molecule has 17 heavy (non-hydrogen) atoms. The Morgan fingerprint density at radius 2 is 2.06 bits per heavy atom. The van der Waals surface area contributed by atoms with Gasteiger partial charge in [-0.3, -0.25) is 9.58 Å². The first-order valence-electron chi connectivity index (χ1n) is 6.12. The smallest absolute Gasteiger partial charge is 0.137 e. The molecule has 6 heteroatoms. The van der Waals surface area contributed by atoms with Crippen molar-refractivity contribution < 1.29 is 9.47 Å². The van der Waals surface area contributed by atoms with Gasteiger partial charge in [0.05, 0.1) is 31.9 Å². The minimum Gasteiger partial charge on any atom is -0.379 e. The molecule has 1 spiro atoms. The normalized spacial score (nSPS) is 30.1. The topological polar surface area (TPSA) is 52.4 Å². The molecule has 3 rings (SSSR count). The zero-order chi connectivity index (χ0) is 11.6. The third kappa shape index (κ3) is 2.20. The van der Waals surface area contributed by atoms with Gasteiger partial charge in [0, 0.05) is 19.7 Å². The molecule has 0 aliphatic carbocycles. The van der Waals surface area contributed by atoms with Gasteiger partial charge in [-0.1, -0.05) is 0 Å². The second-order valence-corrected chi connectivity index (χ2v) is 4.73. The minimum atomic E-state index is 0.110. The molecule has 0 saturated carbocycles. The van der Waals surface area contributed by atoms with Crippen LogP contribution >= 0.6 is 0 Å². The van der Waals surface area contributed by atoms with Gasteiger partial charge in [0.15, 0.2) is 0 Å². The molecule has 0 N–H and O–H groups in total. The van der Waals surface area contributed by atoms with E-state index in [1.165, 1.54) is 0 Å². The largest absolute Gasteiger partial charge is 0.379 e. The van der Waals surface area contributed by atoms with Crippen LogP contribution < -0.4 is 0 Å². The molecule has 6 nitrogen and oxygen atoms in total. The fraction of sp³-hybridized carbons (Fsp3) is 0.818. The van der Waals surface area contributed by atoms with Gasteiger partial charge < -0.3 is 9.47 Å². The summed E-state index contributed by atoms with van der Waals surface area (Å²) in [6.07, 6.45) is 4.41. The van der Waals surface area contributed by atoms with Crippen molar-refractivity contribution in [2.24, 2.45) is 0 Å². The lowest BCUT2D eigenvalue weighted by atomic mass is 9.96. The van der Waals surface area contributed by atoms with Gasteiger partial charge in [-0.15, -0.1) is 0 Å². The zero-order valence-electron chi connectivity index (χ0n) is 9.92. The predicted molar refractivity (Wildman–Crippen MR) is 60.6 cm³/mol. The van der Waals surface area contributed by atoms with Crippen LogP contribution in [0.5, 0.6) is 0 Å². The highest BCUT2D eigenvalue weighted by atomic mass is 16.5. The number of hydrogen-bond acceptors (Lipinski definition) is 5. The highest BCUT2D eigenvalue weighted by Crippen LogP contribution is 2.28. The fourth-order valence-electron chi connectivity index (χ4n) is 2.65. The highest BCUT2D eigenvalue weighted by Gasteiger charge is 2.42. The van der Waals surface area contributed by atoms with E-state index in [0.717, 1.165) is 52.5 Å². The number of aromatic nitrogens is 3. The summed E-state index contributed by atoms with van der Waals surface area (Å²) in [5, 5.41) is 4.13. The third-order valence-electron chi connectivity index (χ3n) is 3.70. The van der Waals surface area contributed by atoms with E-state index in [-0.39, 0.29) is 5.54 Å². The quantitative estimate of drug-likeness (QED) is 0.728. The first-order valence-corrected chi connectivity index (χ1v) is 6.12. The summed E-state index contributed by atoms with van der Waals surface area (Å²) in [4.78, 5) is 6.45. The molecule has 3 heterocycles. The lowest BCUT2D eigenvalue weighted by molar-refractivity contribution is -0.0720. The van der Waals surface area contributed by atoms with E-state index in [0.29, 0.717) is 0 Å². The Balaban J connectivity index is 1.63. The van der Waals surface area contributed by atoms with Crippen LogP contribution in [0.15, 0.2) is 12.7 Å². The summed E-state index contributed by atoms with van der Waals surface area (Å²) >= 11 is 0. The van der Waals surface area contributed by atoms with Gasteiger partial charge in [0.2, 0.25) is 0 Å². The number of ether oxygens (including phenoxy) is 2. The van der Waals surface area contributed by atoms with Crippen molar-refractivity contribution in [3.8, 4) is 0 Å². The minimum absolute atomic E-state index is 0.110. The first kappa shape index (κ1) is 11.1. The van der Waals surface area contributed by atoms with Crippen molar-refractivity contribution in [2.75, 3.05) is 39.5 Å². The van der Waals surface area contributed by atoms with E-state index >= 15 is 0 Å². The Kier molecular flexibility index (Phi) is 3.09. The van der Waals surface area contributed by atoms with Gasteiger partial charge in [-0.2, -0.15) is 5.10 Å². The molecule has 1 atom stereocenters. The highest BCUT2D eigenvalue weighted by molar-refractivity contribution is 4.96. The van der Waals surface area contributed by atoms with Crippen LogP contribution in [-0.2, 0) is 16.0 Å². The number of morpholine rings is 1. The summed E-state index contributed by atoms with van der Waals surface area (Å²) in [6.45, 7) is 6.10. The van der Waals surface area contributed by atoms with Crippen LogP contribution in [0, 0.1) is 0 Å².